The molecule has 0 aliphatic carbocycles. The normalized spacial score (nSPS) is 10.4. The molecular weight excluding hydrogens is 178 g/mol. The number of hydrogen-bond acceptors (Lipinski definition) is 3. The standard InChI is InChI=1S/C10H11N3O/c1-2-13-10(9(14)7-12-13)8-5-3-4-6-11-8/h3-7,14H,2H2,1H3. The molecule has 4 nitrogen and oxygen atoms in total. The Labute approximate surface area is 81.8 Å². The summed E-state index contributed by atoms with van der Waals surface area (Å²) in [6.07, 6.45) is 3.13. The second-order valence-corrected chi connectivity index (χ2v) is 2.91. The molecule has 2 aromatic heterocycles. The van der Waals surface area contributed by atoms with E-state index < -0.39 is 0 Å². The maximum atomic E-state index is 9.59. The number of aromatic hydroxyl groups is 1. The first-order valence-corrected chi connectivity index (χ1v) is 4.49. The summed E-state index contributed by atoms with van der Waals surface area (Å²) in [5, 5.41) is 13.6. The summed E-state index contributed by atoms with van der Waals surface area (Å²) >= 11 is 0. The van der Waals surface area contributed by atoms with E-state index in [-0.39, 0.29) is 5.75 Å². The van der Waals surface area contributed by atoms with Gasteiger partial charge in [-0.15, -0.1) is 0 Å². The topological polar surface area (TPSA) is 50.9 Å². The van der Waals surface area contributed by atoms with Crippen LogP contribution in [0.3, 0.4) is 0 Å². The Balaban J connectivity index is 2.55. The summed E-state index contributed by atoms with van der Waals surface area (Å²) in [7, 11) is 0. The Hall–Kier alpha value is -1.84. The average Bonchev–Trinajstić information content (AvgIpc) is 2.61. The van der Waals surface area contributed by atoms with E-state index in [1.807, 2.05) is 25.1 Å². The van der Waals surface area contributed by atoms with E-state index in [2.05, 4.69) is 10.1 Å². The third-order valence-electron chi connectivity index (χ3n) is 2.03. The molecule has 14 heavy (non-hydrogen) atoms. The first kappa shape index (κ1) is 8.74. The van der Waals surface area contributed by atoms with Crippen molar-refractivity contribution >= 4 is 0 Å². The van der Waals surface area contributed by atoms with Gasteiger partial charge in [0.1, 0.15) is 5.69 Å². The van der Waals surface area contributed by atoms with Crippen LogP contribution in [0.4, 0.5) is 0 Å². The second kappa shape index (κ2) is 3.49. The molecule has 2 aromatic rings. The van der Waals surface area contributed by atoms with Crippen LogP contribution >= 0.6 is 0 Å². The fourth-order valence-corrected chi connectivity index (χ4v) is 1.38. The average molecular weight is 189 g/mol. The van der Waals surface area contributed by atoms with E-state index in [9.17, 15) is 5.11 Å². The third-order valence-corrected chi connectivity index (χ3v) is 2.03. The molecular formula is C10H11N3O. The Morgan fingerprint density at radius 3 is 2.93 bits per heavy atom. The van der Waals surface area contributed by atoms with Crippen molar-refractivity contribution in [3.8, 4) is 17.1 Å². The zero-order chi connectivity index (χ0) is 9.97. The van der Waals surface area contributed by atoms with Gasteiger partial charge in [-0.25, -0.2) is 0 Å². The van der Waals surface area contributed by atoms with E-state index in [1.165, 1.54) is 6.20 Å². The molecule has 0 fully saturated rings. The lowest BCUT2D eigenvalue weighted by molar-refractivity contribution is 0.476. The van der Waals surface area contributed by atoms with Crippen molar-refractivity contribution in [2.75, 3.05) is 0 Å². The molecule has 0 aliphatic heterocycles. The van der Waals surface area contributed by atoms with Crippen molar-refractivity contribution in [1.82, 2.24) is 14.8 Å². The lowest BCUT2D eigenvalue weighted by Crippen LogP contribution is -1.99. The number of rotatable bonds is 2. The van der Waals surface area contributed by atoms with Gasteiger partial charge in [0.25, 0.3) is 0 Å². The zero-order valence-electron chi connectivity index (χ0n) is 7.88. The molecule has 72 valence electrons. The minimum absolute atomic E-state index is 0.172. The maximum absolute atomic E-state index is 9.59. The Morgan fingerprint density at radius 1 is 1.43 bits per heavy atom. The highest BCUT2D eigenvalue weighted by Crippen LogP contribution is 2.26. The predicted molar refractivity (Wildman–Crippen MR) is 52.8 cm³/mol. The maximum Gasteiger partial charge on any atom is 0.163 e. The third kappa shape index (κ3) is 1.35. The highest BCUT2D eigenvalue weighted by Gasteiger charge is 2.11. The van der Waals surface area contributed by atoms with Crippen LogP contribution in [0.15, 0.2) is 30.6 Å². The molecule has 0 saturated heterocycles. The fourth-order valence-electron chi connectivity index (χ4n) is 1.38. The van der Waals surface area contributed by atoms with Crippen molar-refractivity contribution < 1.29 is 5.11 Å². The summed E-state index contributed by atoms with van der Waals surface area (Å²) in [6, 6.07) is 5.57. The number of pyridine rings is 1. The fraction of sp³-hybridized carbons (Fsp3) is 0.200. The van der Waals surface area contributed by atoms with Crippen LogP contribution in [0, 0.1) is 0 Å². The van der Waals surface area contributed by atoms with Gasteiger partial charge in [0.05, 0.1) is 11.9 Å². The van der Waals surface area contributed by atoms with Gasteiger partial charge >= 0.3 is 0 Å². The van der Waals surface area contributed by atoms with Gasteiger partial charge in [0, 0.05) is 12.7 Å². The van der Waals surface area contributed by atoms with E-state index in [0.717, 1.165) is 5.69 Å². The molecule has 0 radical (unpaired) electrons. The number of aryl methyl sites for hydroxylation is 1. The Kier molecular flexibility index (Phi) is 2.18. The van der Waals surface area contributed by atoms with Gasteiger partial charge in [-0.2, -0.15) is 5.10 Å². The summed E-state index contributed by atoms with van der Waals surface area (Å²) in [6.45, 7) is 2.69. The SMILES string of the molecule is CCn1ncc(O)c1-c1ccccn1. The van der Waals surface area contributed by atoms with Gasteiger partial charge < -0.3 is 5.11 Å². The summed E-state index contributed by atoms with van der Waals surface area (Å²) in [4.78, 5) is 4.17. The second-order valence-electron chi connectivity index (χ2n) is 2.91. The quantitative estimate of drug-likeness (QED) is 0.781. The van der Waals surface area contributed by atoms with Crippen LogP contribution in [-0.2, 0) is 6.54 Å². The number of aromatic nitrogens is 3. The van der Waals surface area contributed by atoms with Crippen molar-refractivity contribution in [2.45, 2.75) is 13.5 Å². The Morgan fingerprint density at radius 2 is 2.29 bits per heavy atom. The van der Waals surface area contributed by atoms with Crippen LogP contribution in [-0.4, -0.2) is 19.9 Å². The molecule has 4 heteroatoms. The molecule has 0 aromatic carbocycles. The molecule has 2 rings (SSSR count). The van der Waals surface area contributed by atoms with Gasteiger partial charge in [-0.05, 0) is 19.1 Å². The van der Waals surface area contributed by atoms with Gasteiger partial charge in [0.15, 0.2) is 5.75 Å². The lowest BCUT2D eigenvalue weighted by atomic mass is 10.2. The van der Waals surface area contributed by atoms with E-state index in [1.54, 1.807) is 10.9 Å². The van der Waals surface area contributed by atoms with E-state index in [4.69, 9.17) is 0 Å². The summed E-state index contributed by atoms with van der Waals surface area (Å²) in [5.74, 6) is 0.172. The largest absolute Gasteiger partial charge is 0.504 e. The summed E-state index contributed by atoms with van der Waals surface area (Å²) < 4.78 is 1.72. The van der Waals surface area contributed by atoms with Crippen LogP contribution < -0.4 is 0 Å². The minimum atomic E-state index is 0.172. The van der Waals surface area contributed by atoms with Crippen molar-refractivity contribution in [3.63, 3.8) is 0 Å². The molecule has 0 amide bonds. The lowest BCUT2D eigenvalue weighted by Gasteiger charge is -2.03. The van der Waals surface area contributed by atoms with Crippen LogP contribution in [0.25, 0.3) is 11.4 Å². The molecule has 0 saturated carbocycles. The van der Waals surface area contributed by atoms with E-state index in [0.29, 0.717) is 12.2 Å². The Bertz CT molecular complexity index is 422. The molecule has 1 N–H and O–H groups in total. The number of nitrogens with zero attached hydrogens (tertiary/aromatic N) is 3. The van der Waals surface area contributed by atoms with Gasteiger partial charge in [-0.1, -0.05) is 6.07 Å². The molecule has 0 bridgehead atoms. The molecule has 0 spiro atoms. The first-order valence-electron chi connectivity index (χ1n) is 4.49. The molecule has 2 heterocycles. The smallest absolute Gasteiger partial charge is 0.163 e. The first-order chi connectivity index (χ1) is 6.83. The zero-order valence-corrected chi connectivity index (χ0v) is 7.88. The van der Waals surface area contributed by atoms with Gasteiger partial charge in [0.2, 0.25) is 0 Å². The van der Waals surface area contributed by atoms with Crippen molar-refractivity contribution in [1.29, 1.82) is 0 Å². The van der Waals surface area contributed by atoms with Crippen LogP contribution in [0.1, 0.15) is 6.92 Å². The molecule has 0 atom stereocenters. The predicted octanol–water partition coefficient (Wildman–Crippen LogP) is 1.67. The van der Waals surface area contributed by atoms with Crippen molar-refractivity contribution in [3.05, 3.63) is 30.6 Å². The van der Waals surface area contributed by atoms with Crippen molar-refractivity contribution in [2.24, 2.45) is 0 Å². The number of hydrogen-bond donors (Lipinski definition) is 1. The highest BCUT2D eigenvalue weighted by atomic mass is 16.3. The molecule has 0 aliphatic rings. The van der Waals surface area contributed by atoms with Crippen LogP contribution in [0.2, 0.25) is 0 Å². The minimum Gasteiger partial charge on any atom is -0.504 e. The van der Waals surface area contributed by atoms with E-state index >= 15 is 0 Å². The summed E-state index contributed by atoms with van der Waals surface area (Å²) in [5.41, 5.74) is 1.41. The molecule has 0 unspecified atom stereocenters. The van der Waals surface area contributed by atoms with Gasteiger partial charge in [-0.3, -0.25) is 9.67 Å². The highest BCUT2D eigenvalue weighted by molar-refractivity contribution is 5.61. The van der Waals surface area contributed by atoms with Crippen LogP contribution in [0.5, 0.6) is 5.75 Å². The monoisotopic (exact) mass is 189 g/mol.